The third-order valence-electron chi connectivity index (χ3n) is 4.80. The van der Waals surface area contributed by atoms with Crippen LogP contribution in [0.3, 0.4) is 0 Å². The van der Waals surface area contributed by atoms with E-state index in [0.29, 0.717) is 22.7 Å². The van der Waals surface area contributed by atoms with Crippen LogP contribution in [0, 0.1) is 24.0 Å². The Labute approximate surface area is 143 Å². The van der Waals surface area contributed by atoms with E-state index < -0.39 is 10.8 Å². The molecule has 1 N–H and O–H groups in total. The van der Waals surface area contributed by atoms with Gasteiger partial charge in [-0.05, 0) is 42.7 Å². The third-order valence-corrected chi connectivity index (χ3v) is 4.80. The van der Waals surface area contributed by atoms with Gasteiger partial charge in [0.1, 0.15) is 0 Å². The number of hydrogen-bond acceptors (Lipinski definition) is 5. The van der Waals surface area contributed by atoms with Crippen LogP contribution >= 0.6 is 0 Å². The quantitative estimate of drug-likeness (QED) is 0.668. The molecule has 7 nitrogen and oxygen atoms in total. The molecule has 2 aromatic carbocycles. The summed E-state index contributed by atoms with van der Waals surface area (Å²) in [5.74, 6) is 0.263. The van der Waals surface area contributed by atoms with E-state index in [9.17, 15) is 14.9 Å². The van der Waals surface area contributed by atoms with Gasteiger partial charge < -0.3 is 14.8 Å². The van der Waals surface area contributed by atoms with Crippen LogP contribution in [-0.2, 0) is 4.79 Å². The highest BCUT2D eigenvalue weighted by Crippen LogP contribution is 2.46. The molecule has 0 bridgehead atoms. The number of carbonyl (C=O) groups is 1. The van der Waals surface area contributed by atoms with E-state index in [-0.39, 0.29) is 24.8 Å². The number of rotatable bonds is 2. The lowest BCUT2D eigenvalue weighted by molar-refractivity contribution is -0.385. The molecule has 0 saturated heterocycles. The molecule has 2 heterocycles. The molecule has 1 atom stereocenters. The minimum absolute atomic E-state index is 0.0377. The molecule has 25 heavy (non-hydrogen) atoms. The summed E-state index contributed by atoms with van der Waals surface area (Å²) in [6, 6.07) is 6.91. The van der Waals surface area contributed by atoms with E-state index in [1.165, 1.54) is 6.07 Å². The Hall–Kier alpha value is -3.09. The predicted molar refractivity (Wildman–Crippen MR) is 90.2 cm³/mol. The first kappa shape index (κ1) is 15.4. The second-order valence-corrected chi connectivity index (χ2v) is 6.35. The zero-order chi connectivity index (χ0) is 17.7. The molecule has 0 saturated carbocycles. The van der Waals surface area contributed by atoms with E-state index in [0.717, 1.165) is 16.7 Å². The number of nitro benzene ring substituents is 1. The fourth-order valence-electron chi connectivity index (χ4n) is 3.39. The van der Waals surface area contributed by atoms with Gasteiger partial charge in [0.05, 0.1) is 11.0 Å². The average molecular weight is 340 g/mol. The minimum Gasteiger partial charge on any atom is -0.454 e. The Balaban J connectivity index is 1.92. The average Bonchev–Trinajstić information content (AvgIpc) is 3.02. The number of carbonyl (C=O) groups excluding carboxylic acids is 1. The van der Waals surface area contributed by atoms with Crippen molar-refractivity contribution in [2.45, 2.75) is 26.2 Å². The largest absolute Gasteiger partial charge is 0.454 e. The number of nitro groups is 1. The minimum atomic E-state index is -0.440. The first-order valence-electron chi connectivity index (χ1n) is 7.93. The van der Waals surface area contributed by atoms with Crippen molar-refractivity contribution >= 4 is 17.3 Å². The van der Waals surface area contributed by atoms with Crippen molar-refractivity contribution in [2.75, 3.05) is 12.1 Å². The predicted octanol–water partition coefficient (Wildman–Crippen LogP) is 3.41. The zero-order valence-corrected chi connectivity index (χ0v) is 13.8. The zero-order valence-electron chi connectivity index (χ0n) is 13.8. The maximum atomic E-state index is 12.2. The lowest BCUT2D eigenvalue weighted by atomic mass is 9.82. The van der Waals surface area contributed by atoms with Crippen LogP contribution < -0.4 is 14.8 Å². The Kier molecular flexibility index (Phi) is 3.38. The molecule has 2 aliphatic heterocycles. The van der Waals surface area contributed by atoms with Crippen LogP contribution in [-0.4, -0.2) is 17.6 Å². The summed E-state index contributed by atoms with van der Waals surface area (Å²) in [5, 5.41) is 14.5. The molecule has 0 spiro atoms. The van der Waals surface area contributed by atoms with E-state index in [2.05, 4.69) is 5.32 Å². The second kappa shape index (κ2) is 5.47. The molecule has 0 fully saturated rings. The van der Waals surface area contributed by atoms with Gasteiger partial charge in [-0.1, -0.05) is 6.07 Å². The Bertz CT molecular complexity index is 922. The summed E-state index contributed by atoms with van der Waals surface area (Å²) >= 11 is 0. The summed E-state index contributed by atoms with van der Waals surface area (Å²) in [6.45, 7) is 3.99. The Morgan fingerprint density at radius 2 is 1.76 bits per heavy atom. The van der Waals surface area contributed by atoms with Gasteiger partial charge in [-0.3, -0.25) is 14.9 Å². The van der Waals surface area contributed by atoms with Crippen LogP contribution in [0.1, 0.15) is 34.6 Å². The van der Waals surface area contributed by atoms with Crippen molar-refractivity contribution < 1.29 is 19.2 Å². The molecule has 2 aliphatic rings. The monoisotopic (exact) mass is 340 g/mol. The summed E-state index contributed by atoms with van der Waals surface area (Å²) in [6.07, 6.45) is 0.149. The van der Waals surface area contributed by atoms with Crippen molar-refractivity contribution in [3.05, 3.63) is 56.6 Å². The van der Waals surface area contributed by atoms with Crippen molar-refractivity contribution in [1.29, 1.82) is 0 Å². The SMILES string of the molecule is Cc1cc2c(cc1C)C(c1cc3c(cc1[N+](=O)[O-])OCO3)CC(=O)N2. The number of nitrogens with one attached hydrogen (secondary N) is 1. The molecular formula is C18H16N2O5. The van der Waals surface area contributed by atoms with E-state index >= 15 is 0 Å². The Morgan fingerprint density at radius 1 is 1.08 bits per heavy atom. The maximum absolute atomic E-state index is 12.2. The molecule has 0 radical (unpaired) electrons. The summed E-state index contributed by atoms with van der Waals surface area (Å²) in [7, 11) is 0. The first-order valence-corrected chi connectivity index (χ1v) is 7.93. The van der Waals surface area contributed by atoms with Gasteiger partial charge >= 0.3 is 0 Å². The first-order chi connectivity index (χ1) is 11.9. The van der Waals surface area contributed by atoms with Gasteiger partial charge in [0.15, 0.2) is 11.5 Å². The van der Waals surface area contributed by atoms with Crippen molar-refractivity contribution in [1.82, 2.24) is 0 Å². The van der Waals surface area contributed by atoms with Gasteiger partial charge in [0.2, 0.25) is 12.7 Å². The summed E-state index contributed by atoms with van der Waals surface area (Å²) < 4.78 is 10.6. The van der Waals surface area contributed by atoms with Gasteiger partial charge in [0.25, 0.3) is 5.69 Å². The summed E-state index contributed by atoms with van der Waals surface area (Å²) in [5.41, 5.74) is 4.12. The fraction of sp³-hybridized carbons (Fsp3) is 0.278. The molecule has 2 aromatic rings. The standard InChI is InChI=1S/C18H16N2O5/c1-9-3-12-11(6-18(21)19-14(12)4-10(9)2)13-5-16-17(25-8-24-16)7-15(13)20(22)23/h3-5,7,11H,6,8H2,1-2H3,(H,19,21). The summed E-state index contributed by atoms with van der Waals surface area (Å²) in [4.78, 5) is 23.3. The van der Waals surface area contributed by atoms with Crippen molar-refractivity contribution in [3.63, 3.8) is 0 Å². The highest BCUT2D eigenvalue weighted by Gasteiger charge is 2.34. The van der Waals surface area contributed by atoms with Gasteiger partial charge in [0, 0.05) is 23.6 Å². The van der Waals surface area contributed by atoms with E-state index in [1.807, 2.05) is 26.0 Å². The lowest BCUT2D eigenvalue weighted by Gasteiger charge is -2.27. The molecule has 1 unspecified atom stereocenters. The molecule has 7 heteroatoms. The van der Waals surface area contributed by atoms with E-state index in [1.54, 1.807) is 6.07 Å². The van der Waals surface area contributed by atoms with E-state index in [4.69, 9.17) is 9.47 Å². The fourth-order valence-corrected chi connectivity index (χ4v) is 3.39. The van der Waals surface area contributed by atoms with Crippen LogP contribution in [0.25, 0.3) is 0 Å². The Morgan fingerprint density at radius 3 is 2.48 bits per heavy atom. The number of benzene rings is 2. The normalized spacial score (nSPS) is 17.8. The van der Waals surface area contributed by atoms with Gasteiger partial charge in [-0.15, -0.1) is 0 Å². The smallest absolute Gasteiger partial charge is 0.277 e. The molecule has 0 aliphatic carbocycles. The molecule has 4 rings (SSSR count). The number of hydrogen-bond donors (Lipinski definition) is 1. The van der Waals surface area contributed by atoms with Crippen LogP contribution in [0.4, 0.5) is 11.4 Å². The van der Waals surface area contributed by atoms with Crippen molar-refractivity contribution in [2.24, 2.45) is 0 Å². The van der Waals surface area contributed by atoms with Crippen molar-refractivity contribution in [3.8, 4) is 11.5 Å². The lowest BCUT2D eigenvalue weighted by Crippen LogP contribution is -2.24. The number of nitrogens with zero attached hydrogens (tertiary/aromatic N) is 1. The number of ether oxygens (including phenoxy) is 2. The molecule has 1 amide bonds. The van der Waals surface area contributed by atoms with Crippen LogP contribution in [0.15, 0.2) is 24.3 Å². The van der Waals surface area contributed by atoms with Crippen LogP contribution in [0.5, 0.6) is 11.5 Å². The highest BCUT2D eigenvalue weighted by atomic mass is 16.7. The topological polar surface area (TPSA) is 90.7 Å². The molecule has 128 valence electrons. The molecular weight excluding hydrogens is 324 g/mol. The maximum Gasteiger partial charge on any atom is 0.277 e. The van der Waals surface area contributed by atoms with Crippen LogP contribution in [0.2, 0.25) is 0 Å². The second-order valence-electron chi connectivity index (χ2n) is 6.35. The third kappa shape index (κ3) is 2.48. The number of anilines is 1. The van der Waals surface area contributed by atoms with Gasteiger partial charge in [-0.2, -0.15) is 0 Å². The number of aryl methyl sites for hydroxylation is 2. The van der Waals surface area contributed by atoms with Gasteiger partial charge in [-0.25, -0.2) is 0 Å². The number of amides is 1. The number of fused-ring (bicyclic) bond motifs is 2. The molecule has 0 aromatic heterocycles. The highest BCUT2D eigenvalue weighted by molar-refractivity contribution is 5.95.